The minimum Gasteiger partial charge on any atom is -0.493 e. The molecule has 1 heterocycles. The number of rotatable bonds is 8. The number of carbonyl (C=O) groups excluding carboxylic acids is 1. The highest BCUT2D eigenvalue weighted by atomic mass is 35.5. The van der Waals surface area contributed by atoms with E-state index in [-0.39, 0.29) is 17.2 Å². The fourth-order valence-corrected chi connectivity index (χ4v) is 4.68. The molecule has 0 bridgehead atoms. The number of carbonyl (C=O) groups is 1. The van der Waals surface area contributed by atoms with E-state index in [0.29, 0.717) is 40.0 Å². The Balaban J connectivity index is 1.39. The zero-order valence-corrected chi connectivity index (χ0v) is 22.8. The number of nitrogens with zero attached hydrogens (tertiary/aromatic N) is 1. The largest absolute Gasteiger partial charge is 0.493 e. The van der Waals surface area contributed by atoms with Gasteiger partial charge in [0.15, 0.2) is 11.5 Å². The van der Waals surface area contributed by atoms with E-state index >= 15 is 0 Å². The van der Waals surface area contributed by atoms with E-state index in [4.69, 9.17) is 36.3 Å². The van der Waals surface area contributed by atoms with Gasteiger partial charge < -0.3 is 24.7 Å². The second kappa shape index (κ2) is 12.3. The molecule has 0 fully saturated rings. The summed E-state index contributed by atoms with van der Waals surface area (Å²) in [4.78, 5) is 12.5. The molecule has 4 aromatic carbocycles. The van der Waals surface area contributed by atoms with Crippen molar-refractivity contribution in [3.05, 3.63) is 136 Å². The van der Waals surface area contributed by atoms with Gasteiger partial charge in [0.1, 0.15) is 29.7 Å². The van der Waals surface area contributed by atoms with Gasteiger partial charge >= 0.3 is 5.97 Å². The van der Waals surface area contributed by atoms with E-state index in [9.17, 15) is 10.1 Å². The molecule has 0 spiro atoms. The number of esters is 1. The predicted molar refractivity (Wildman–Crippen MR) is 156 cm³/mol. The molecule has 0 saturated carbocycles. The van der Waals surface area contributed by atoms with Gasteiger partial charge in [-0.1, -0.05) is 72.3 Å². The standard InChI is InChI=1S/C33H25ClN2O5/c1-38-30-17-23(11-15-28(30)39-20-21-7-3-2-4-8-21)32-25-14-13-24(18-29(25)41-33(36)26(32)19-35)40-31(37)16-12-22-9-5-6-10-27(22)34/h2-18,32H,20,36H2,1H3/b16-12+. The van der Waals surface area contributed by atoms with E-state index in [1.807, 2.05) is 48.5 Å². The summed E-state index contributed by atoms with van der Waals surface area (Å²) in [6, 6.07) is 29.6. The van der Waals surface area contributed by atoms with Crippen LogP contribution in [0.5, 0.6) is 23.0 Å². The lowest BCUT2D eigenvalue weighted by Crippen LogP contribution is -2.21. The van der Waals surface area contributed by atoms with Gasteiger partial charge in [-0.05, 0) is 47.0 Å². The lowest BCUT2D eigenvalue weighted by molar-refractivity contribution is -0.128. The van der Waals surface area contributed by atoms with Crippen LogP contribution in [-0.2, 0) is 11.4 Å². The van der Waals surface area contributed by atoms with E-state index in [1.54, 1.807) is 55.7 Å². The third-order valence-electron chi connectivity index (χ3n) is 6.47. The summed E-state index contributed by atoms with van der Waals surface area (Å²) < 4.78 is 22.9. The second-order valence-electron chi connectivity index (χ2n) is 9.08. The first kappa shape index (κ1) is 27.4. The highest BCUT2D eigenvalue weighted by molar-refractivity contribution is 6.32. The number of benzene rings is 4. The monoisotopic (exact) mass is 564 g/mol. The molecule has 1 aliphatic rings. The molecule has 7 nitrogen and oxygen atoms in total. The van der Waals surface area contributed by atoms with Crippen LogP contribution >= 0.6 is 11.6 Å². The molecule has 204 valence electrons. The Morgan fingerprint density at radius 1 is 1.02 bits per heavy atom. The Bertz CT molecular complexity index is 1690. The fourth-order valence-electron chi connectivity index (χ4n) is 4.48. The molecular weight excluding hydrogens is 540 g/mol. The van der Waals surface area contributed by atoms with Crippen LogP contribution in [0, 0.1) is 11.3 Å². The highest BCUT2D eigenvalue weighted by Gasteiger charge is 2.31. The average molecular weight is 565 g/mol. The Labute approximate surface area is 242 Å². The number of nitriles is 1. The molecule has 1 atom stereocenters. The van der Waals surface area contributed by atoms with Crippen molar-refractivity contribution in [1.29, 1.82) is 5.26 Å². The van der Waals surface area contributed by atoms with E-state index in [2.05, 4.69) is 6.07 Å². The van der Waals surface area contributed by atoms with Crippen LogP contribution in [0.4, 0.5) is 0 Å². The van der Waals surface area contributed by atoms with E-state index in [0.717, 1.165) is 11.1 Å². The summed E-state index contributed by atoms with van der Waals surface area (Å²) in [6.07, 6.45) is 2.87. The molecule has 4 aromatic rings. The first-order chi connectivity index (χ1) is 20.0. The smallest absolute Gasteiger partial charge is 0.336 e. The number of nitrogens with two attached hydrogens (primary N) is 1. The lowest BCUT2D eigenvalue weighted by Gasteiger charge is -2.27. The van der Waals surface area contributed by atoms with Gasteiger partial charge in [-0.15, -0.1) is 0 Å². The van der Waals surface area contributed by atoms with Crippen LogP contribution in [0.1, 0.15) is 28.2 Å². The number of ether oxygens (including phenoxy) is 4. The molecule has 0 saturated heterocycles. The highest BCUT2D eigenvalue weighted by Crippen LogP contribution is 2.45. The van der Waals surface area contributed by atoms with Crippen molar-refractivity contribution in [2.75, 3.05) is 7.11 Å². The van der Waals surface area contributed by atoms with Crippen molar-refractivity contribution in [3.63, 3.8) is 0 Å². The Hall–Kier alpha value is -5.19. The normalized spacial score (nSPS) is 14.1. The van der Waals surface area contributed by atoms with Crippen LogP contribution in [0.3, 0.4) is 0 Å². The van der Waals surface area contributed by atoms with E-state index < -0.39 is 11.9 Å². The number of allylic oxidation sites excluding steroid dienone is 1. The maximum Gasteiger partial charge on any atom is 0.336 e. The maximum atomic E-state index is 12.5. The first-order valence-electron chi connectivity index (χ1n) is 12.7. The van der Waals surface area contributed by atoms with Crippen molar-refractivity contribution in [1.82, 2.24) is 0 Å². The summed E-state index contributed by atoms with van der Waals surface area (Å²) in [7, 11) is 1.56. The van der Waals surface area contributed by atoms with Crippen molar-refractivity contribution in [2.45, 2.75) is 12.5 Å². The minimum absolute atomic E-state index is 0.0320. The molecule has 2 N–H and O–H groups in total. The Kier molecular flexibility index (Phi) is 8.23. The van der Waals surface area contributed by atoms with Crippen LogP contribution in [0.2, 0.25) is 5.02 Å². The van der Waals surface area contributed by atoms with Crippen molar-refractivity contribution >= 4 is 23.6 Å². The summed E-state index contributed by atoms with van der Waals surface area (Å²) in [5, 5.41) is 10.5. The third-order valence-corrected chi connectivity index (χ3v) is 6.82. The van der Waals surface area contributed by atoms with Crippen molar-refractivity contribution in [3.8, 4) is 29.1 Å². The molecule has 8 heteroatoms. The average Bonchev–Trinajstić information content (AvgIpc) is 2.99. The molecule has 1 aliphatic heterocycles. The maximum absolute atomic E-state index is 12.5. The Morgan fingerprint density at radius 2 is 1.80 bits per heavy atom. The van der Waals surface area contributed by atoms with Crippen LogP contribution < -0.4 is 24.7 Å². The first-order valence-corrected chi connectivity index (χ1v) is 13.0. The van der Waals surface area contributed by atoms with Gasteiger partial charge in [-0.3, -0.25) is 0 Å². The molecule has 0 radical (unpaired) electrons. The summed E-state index contributed by atoms with van der Waals surface area (Å²) in [5.41, 5.74) is 9.58. The third kappa shape index (κ3) is 6.19. The molecule has 0 aromatic heterocycles. The number of halogens is 1. The van der Waals surface area contributed by atoms with Crippen LogP contribution in [0.25, 0.3) is 6.08 Å². The predicted octanol–water partition coefficient (Wildman–Crippen LogP) is 6.76. The molecule has 0 aliphatic carbocycles. The van der Waals surface area contributed by atoms with Crippen LogP contribution in [-0.4, -0.2) is 13.1 Å². The summed E-state index contributed by atoms with van der Waals surface area (Å²) in [6.45, 7) is 0.377. The zero-order valence-electron chi connectivity index (χ0n) is 22.0. The van der Waals surface area contributed by atoms with Crippen LogP contribution in [0.15, 0.2) is 109 Å². The molecule has 5 rings (SSSR count). The Morgan fingerprint density at radius 3 is 2.56 bits per heavy atom. The van der Waals surface area contributed by atoms with Gasteiger partial charge in [0.25, 0.3) is 0 Å². The molecule has 0 amide bonds. The lowest BCUT2D eigenvalue weighted by atomic mass is 9.83. The van der Waals surface area contributed by atoms with E-state index in [1.165, 1.54) is 6.08 Å². The summed E-state index contributed by atoms with van der Waals surface area (Å²) >= 11 is 6.14. The van der Waals surface area contributed by atoms with Gasteiger partial charge in [-0.2, -0.15) is 5.26 Å². The van der Waals surface area contributed by atoms with Gasteiger partial charge in [0, 0.05) is 22.7 Å². The van der Waals surface area contributed by atoms with Gasteiger partial charge in [-0.25, -0.2) is 4.79 Å². The number of fused-ring (bicyclic) bond motifs is 1. The zero-order chi connectivity index (χ0) is 28.8. The number of methoxy groups -OCH3 is 1. The quantitative estimate of drug-likeness (QED) is 0.143. The number of hydrogen-bond acceptors (Lipinski definition) is 7. The topological polar surface area (TPSA) is 104 Å². The molecule has 1 unspecified atom stereocenters. The second-order valence-corrected chi connectivity index (χ2v) is 9.49. The SMILES string of the molecule is COc1cc(C2C(C#N)=C(N)Oc3cc(OC(=O)/C=C/c4ccccc4Cl)ccc32)ccc1OCc1ccccc1. The summed E-state index contributed by atoms with van der Waals surface area (Å²) in [5.74, 6) is 0.547. The molecular formula is C33H25ClN2O5. The van der Waals surface area contributed by atoms with Crippen molar-refractivity contribution in [2.24, 2.45) is 5.73 Å². The number of hydrogen-bond donors (Lipinski definition) is 1. The van der Waals surface area contributed by atoms with Gasteiger partial charge in [0.2, 0.25) is 5.88 Å². The molecule has 41 heavy (non-hydrogen) atoms. The van der Waals surface area contributed by atoms with Gasteiger partial charge in [0.05, 0.1) is 13.0 Å². The minimum atomic E-state index is -0.589. The fraction of sp³-hybridized carbons (Fsp3) is 0.0909. The van der Waals surface area contributed by atoms with Crippen molar-refractivity contribution < 1.29 is 23.7 Å².